The maximum absolute atomic E-state index is 11.0. The average molecular weight is 245 g/mol. The molecule has 0 bridgehead atoms. The third-order valence-electron chi connectivity index (χ3n) is 3.49. The molecule has 0 aliphatic carbocycles. The van der Waals surface area contributed by atoms with Crippen LogP contribution in [0.15, 0.2) is 30.4 Å². The van der Waals surface area contributed by atoms with E-state index >= 15 is 0 Å². The van der Waals surface area contributed by atoms with Gasteiger partial charge in [0.2, 0.25) is 0 Å². The highest BCUT2D eigenvalue weighted by Gasteiger charge is 2.17. The van der Waals surface area contributed by atoms with E-state index in [2.05, 4.69) is 18.4 Å². The van der Waals surface area contributed by atoms with E-state index in [0.29, 0.717) is 5.56 Å². The lowest BCUT2D eigenvalue weighted by molar-refractivity contribution is 0.0696. The van der Waals surface area contributed by atoms with Crippen LogP contribution in [0.25, 0.3) is 0 Å². The summed E-state index contributed by atoms with van der Waals surface area (Å²) in [6, 6.07) is 5.45. The molecule has 0 radical (unpaired) electrons. The molecule has 0 saturated heterocycles. The van der Waals surface area contributed by atoms with Gasteiger partial charge in [0.05, 0.1) is 5.56 Å². The van der Waals surface area contributed by atoms with Crippen molar-refractivity contribution in [1.82, 2.24) is 4.90 Å². The van der Waals surface area contributed by atoms with Gasteiger partial charge in [-0.2, -0.15) is 0 Å². The first kappa shape index (κ1) is 12.8. The van der Waals surface area contributed by atoms with Crippen molar-refractivity contribution in [2.24, 2.45) is 0 Å². The number of fused-ring (bicyclic) bond motifs is 1. The topological polar surface area (TPSA) is 40.5 Å². The van der Waals surface area contributed by atoms with Crippen molar-refractivity contribution in [1.29, 1.82) is 0 Å². The van der Waals surface area contributed by atoms with Crippen LogP contribution in [0.5, 0.6) is 0 Å². The molecule has 1 N–H and O–H groups in total. The highest BCUT2D eigenvalue weighted by atomic mass is 16.4. The summed E-state index contributed by atoms with van der Waals surface area (Å²) in [7, 11) is 0. The SMILES string of the molecule is C=C(CC)CN1CCc2ccc(C(=O)O)cc2C1. The molecule has 0 unspecified atom stereocenters. The number of aromatic carboxylic acids is 1. The van der Waals surface area contributed by atoms with Crippen molar-refractivity contribution < 1.29 is 9.90 Å². The van der Waals surface area contributed by atoms with Gasteiger partial charge < -0.3 is 5.11 Å². The van der Waals surface area contributed by atoms with E-state index in [0.717, 1.165) is 38.0 Å². The van der Waals surface area contributed by atoms with Crippen molar-refractivity contribution in [3.05, 3.63) is 47.0 Å². The van der Waals surface area contributed by atoms with Crippen molar-refractivity contribution in [3.8, 4) is 0 Å². The van der Waals surface area contributed by atoms with Crippen LogP contribution in [0.1, 0.15) is 34.8 Å². The first-order valence-corrected chi connectivity index (χ1v) is 6.34. The first-order valence-electron chi connectivity index (χ1n) is 6.34. The molecule has 1 aromatic rings. The molecule has 96 valence electrons. The second-order valence-electron chi connectivity index (χ2n) is 4.85. The van der Waals surface area contributed by atoms with Gasteiger partial charge in [-0.25, -0.2) is 4.79 Å². The Bertz CT molecular complexity index is 479. The standard InChI is InChI=1S/C15H19NO2/c1-3-11(2)9-16-7-6-12-4-5-13(15(17)18)8-14(12)10-16/h4-5,8H,2-3,6-7,9-10H2,1H3,(H,17,18). The van der Waals surface area contributed by atoms with Crippen LogP contribution in [-0.2, 0) is 13.0 Å². The third kappa shape index (κ3) is 2.79. The summed E-state index contributed by atoms with van der Waals surface area (Å²) >= 11 is 0. The Morgan fingerprint density at radius 3 is 2.89 bits per heavy atom. The van der Waals surface area contributed by atoms with Gasteiger partial charge in [-0.05, 0) is 36.1 Å². The minimum Gasteiger partial charge on any atom is -0.478 e. The second kappa shape index (κ2) is 5.36. The summed E-state index contributed by atoms with van der Waals surface area (Å²) in [6.45, 7) is 8.91. The van der Waals surface area contributed by atoms with Crippen LogP contribution in [0.2, 0.25) is 0 Å². The molecule has 0 saturated carbocycles. The summed E-state index contributed by atoms with van der Waals surface area (Å²) in [5, 5.41) is 9.01. The average Bonchev–Trinajstić information content (AvgIpc) is 2.37. The zero-order chi connectivity index (χ0) is 13.1. The number of carbonyl (C=O) groups is 1. The van der Waals surface area contributed by atoms with Crippen molar-refractivity contribution in [2.45, 2.75) is 26.3 Å². The van der Waals surface area contributed by atoms with E-state index in [-0.39, 0.29) is 0 Å². The van der Waals surface area contributed by atoms with Gasteiger partial charge in [0, 0.05) is 19.6 Å². The minimum atomic E-state index is -0.854. The van der Waals surface area contributed by atoms with Gasteiger partial charge in [-0.1, -0.05) is 25.1 Å². The smallest absolute Gasteiger partial charge is 0.335 e. The molecule has 1 aliphatic rings. The van der Waals surface area contributed by atoms with Gasteiger partial charge in [-0.15, -0.1) is 0 Å². The maximum atomic E-state index is 11.0. The molecule has 0 amide bonds. The quantitative estimate of drug-likeness (QED) is 0.829. The van der Waals surface area contributed by atoms with Crippen LogP contribution in [0.4, 0.5) is 0 Å². The van der Waals surface area contributed by atoms with Crippen molar-refractivity contribution >= 4 is 5.97 Å². The Balaban J connectivity index is 2.14. The Hall–Kier alpha value is -1.61. The summed E-state index contributed by atoms with van der Waals surface area (Å²) in [5.74, 6) is -0.854. The number of hydrogen-bond acceptors (Lipinski definition) is 2. The lowest BCUT2D eigenvalue weighted by Gasteiger charge is -2.29. The second-order valence-corrected chi connectivity index (χ2v) is 4.85. The summed E-state index contributed by atoms with van der Waals surface area (Å²) < 4.78 is 0. The molecule has 3 nitrogen and oxygen atoms in total. The molecule has 1 heterocycles. The fourth-order valence-electron chi connectivity index (χ4n) is 2.31. The van der Waals surface area contributed by atoms with Crippen LogP contribution in [0, 0.1) is 0 Å². The number of hydrogen-bond donors (Lipinski definition) is 1. The Morgan fingerprint density at radius 2 is 2.22 bits per heavy atom. The molecule has 18 heavy (non-hydrogen) atoms. The van der Waals surface area contributed by atoms with Gasteiger partial charge in [0.25, 0.3) is 0 Å². The third-order valence-corrected chi connectivity index (χ3v) is 3.49. The Kier molecular flexibility index (Phi) is 3.82. The van der Waals surface area contributed by atoms with Crippen LogP contribution in [0.3, 0.4) is 0 Å². The zero-order valence-corrected chi connectivity index (χ0v) is 10.8. The summed E-state index contributed by atoms with van der Waals surface area (Å²) in [6.07, 6.45) is 1.99. The fourth-order valence-corrected chi connectivity index (χ4v) is 2.31. The molecular weight excluding hydrogens is 226 g/mol. The molecule has 3 heteroatoms. The molecule has 0 fully saturated rings. The monoisotopic (exact) mass is 245 g/mol. The van der Waals surface area contributed by atoms with Gasteiger partial charge in [-0.3, -0.25) is 4.90 Å². The predicted octanol–water partition coefficient (Wildman–Crippen LogP) is 2.71. The number of carboxylic acid groups (broad SMARTS) is 1. The Morgan fingerprint density at radius 1 is 1.44 bits per heavy atom. The van der Waals surface area contributed by atoms with Crippen LogP contribution < -0.4 is 0 Å². The molecule has 0 atom stereocenters. The van der Waals surface area contributed by atoms with Gasteiger partial charge in [0.1, 0.15) is 0 Å². The highest BCUT2D eigenvalue weighted by molar-refractivity contribution is 5.87. The zero-order valence-electron chi connectivity index (χ0n) is 10.8. The molecule has 2 rings (SSSR count). The summed E-state index contributed by atoms with van der Waals surface area (Å²) in [4.78, 5) is 13.3. The predicted molar refractivity (Wildman–Crippen MR) is 71.8 cm³/mol. The van der Waals surface area contributed by atoms with E-state index in [1.54, 1.807) is 12.1 Å². The molecule has 1 aliphatic heterocycles. The summed E-state index contributed by atoms with van der Waals surface area (Å²) in [5.41, 5.74) is 4.03. The van der Waals surface area contributed by atoms with Crippen molar-refractivity contribution in [2.75, 3.05) is 13.1 Å². The number of rotatable bonds is 4. The molecule has 1 aromatic carbocycles. The van der Waals surface area contributed by atoms with Crippen molar-refractivity contribution in [3.63, 3.8) is 0 Å². The minimum absolute atomic E-state index is 0.380. The largest absolute Gasteiger partial charge is 0.478 e. The van der Waals surface area contributed by atoms with E-state index in [1.165, 1.54) is 11.1 Å². The Labute approximate surface area is 108 Å². The van der Waals surface area contributed by atoms with Crippen LogP contribution >= 0.6 is 0 Å². The highest BCUT2D eigenvalue weighted by Crippen LogP contribution is 2.21. The molecule has 0 aromatic heterocycles. The maximum Gasteiger partial charge on any atom is 0.335 e. The fraction of sp³-hybridized carbons (Fsp3) is 0.400. The lowest BCUT2D eigenvalue weighted by atomic mass is 9.97. The van der Waals surface area contributed by atoms with Crippen LogP contribution in [-0.4, -0.2) is 29.1 Å². The van der Waals surface area contributed by atoms with E-state index in [1.807, 2.05) is 6.07 Å². The molecule has 0 spiro atoms. The number of nitrogens with zero attached hydrogens (tertiary/aromatic N) is 1. The first-order chi connectivity index (χ1) is 8.60. The number of carboxylic acids is 1. The van der Waals surface area contributed by atoms with E-state index in [9.17, 15) is 4.79 Å². The van der Waals surface area contributed by atoms with Gasteiger partial charge in [0.15, 0.2) is 0 Å². The lowest BCUT2D eigenvalue weighted by Crippen LogP contribution is -2.32. The number of benzene rings is 1. The van der Waals surface area contributed by atoms with Gasteiger partial charge >= 0.3 is 5.97 Å². The molecular formula is C15H19NO2. The van der Waals surface area contributed by atoms with E-state index < -0.39 is 5.97 Å². The van der Waals surface area contributed by atoms with E-state index in [4.69, 9.17) is 5.11 Å². The normalized spacial score (nSPS) is 15.2.